The molecular formula is C12H13ClO4. The first-order valence-electron chi connectivity index (χ1n) is 5.28. The monoisotopic (exact) mass is 256 g/mol. The van der Waals surface area contributed by atoms with Crippen LogP contribution in [0.25, 0.3) is 0 Å². The van der Waals surface area contributed by atoms with E-state index < -0.39 is 11.4 Å². The molecule has 2 N–H and O–H groups in total. The molecule has 1 fully saturated rings. The molecule has 0 spiro atoms. The van der Waals surface area contributed by atoms with Crippen LogP contribution in [0.3, 0.4) is 0 Å². The molecule has 0 atom stereocenters. The molecule has 0 aromatic heterocycles. The average molecular weight is 257 g/mol. The summed E-state index contributed by atoms with van der Waals surface area (Å²) in [5, 5.41) is 19.1. The molecule has 0 aliphatic heterocycles. The molecule has 0 bridgehead atoms. The fraction of sp³-hybridized carbons (Fsp3) is 0.417. The van der Waals surface area contributed by atoms with Crippen molar-refractivity contribution < 1.29 is 19.7 Å². The van der Waals surface area contributed by atoms with E-state index in [0.717, 1.165) is 12.8 Å². The number of benzene rings is 1. The van der Waals surface area contributed by atoms with Crippen molar-refractivity contribution in [2.45, 2.75) is 24.7 Å². The van der Waals surface area contributed by atoms with Gasteiger partial charge in [0, 0.05) is 16.0 Å². The van der Waals surface area contributed by atoms with Crippen molar-refractivity contribution in [2.75, 3.05) is 7.11 Å². The first-order chi connectivity index (χ1) is 8.00. The minimum absolute atomic E-state index is 0.00648. The molecule has 0 heterocycles. The summed E-state index contributed by atoms with van der Waals surface area (Å²) in [6.07, 6.45) is 1.50. The molecule has 0 radical (unpaired) electrons. The molecule has 2 rings (SSSR count). The number of phenolic OH excluding ortho intramolecular Hbond substituents is 1. The zero-order valence-corrected chi connectivity index (χ0v) is 10.1. The molecule has 0 amide bonds. The molecule has 1 aromatic rings. The van der Waals surface area contributed by atoms with Crippen LogP contribution >= 0.6 is 11.6 Å². The molecule has 5 heteroatoms. The summed E-state index contributed by atoms with van der Waals surface area (Å²) >= 11 is 6.10. The van der Waals surface area contributed by atoms with Crippen molar-refractivity contribution in [3.05, 3.63) is 22.7 Å². The molecule has 1 saturated carbocycles. The first-order valence-corrected chi connectivity index (χ1v) is 5.66. The van der Waals surface area contributed by atoms with Crippen molar-refractivity contribution in [3.8, 4) is 11.5 Å². The van der Waals surface area contributed by atoms with E-state index in [2.05, 4.69) is 0 Å². The Morgan fingerprint density at radius 3 is 2.65 bits per heavy atom. The minimum Gasteiger partial charge on any atom is -0.504 e. The van der Waals surface area contributed by atoms with Crippen LogP contribution in [-0.2, 0) is 10.2 Å². The number of hydrogen-bond donors (Lipinski definition) is 2. The molecule has 1 aromatic carbocycles. The minimum atomic E-state index is -0.871. The maximum Gasteiger partial charge on any atom is 0.304 e. The fourth-order valence-corrected chi connectivity index (χ4v) is 2.55. The highest BCUT2D eigenvalue weighted by atomic mass is 35.5. The Bertz CT molecular complexity index is 466. The highest BCUT2D eigenvalue weighted by molar-refractivity contribution is 6.31. The van der Waals surface area contributed by atoms with Gasteiger partial charge in [-0.25, -0.2) is 0 Å². The lowest BCUT2D eigenvalue weighted by Gasteiger charge is -2.19. The Balaban J connectivity index is 2.51. The zero-order chi connectivity index (χ0) is 12.6. The third-order valence-electron chi connectivity index (χ3n) is 3.16. The van der Waals surface area contributed by atoms with Crippen LogP contribution in [0.2, 0.25) is 5.02 Å². The number of phenols is 1. The number of carboxylic acids is 1. The summed E-state index contributed by atoms with van der Waals surface area (Å²) in [6, 6.07) is 3.01. The summed E-state index contributed by atoms with van der Waals surface area (Å²) in [6.45, 7) is 0. The van der Waals surface area contributed by atoms with Crippen molar-refractivity contribution in [1.29, 1.82) is 0 Å². The second-order valence-electron chi connectivity index (χ2n) is 4.33. The van der Waals surface area contributed by atoms with Gasteiger partial charge in [0.15, 0.2) is 11.5 Å². The largest absolute Gasteiger partial charge is 0.504 e. The summed E-state index contributed by atoms with van der Waals surface area (Å²) in [5.74, 6) is -0.594. The summed E-state index contributed by atoms with van der Waals surface area (Å²) < 4.78 is 5.14. The third-order valence-corrected chi connectivity index (χ3v) is 3.48. The Kier molecular flexibility index (Phi) is 2.91. The molecule has 4 nitrogen and oxygen atoms in total. The molecular weight excluding hydrogens is 244 g/mol. The van der Waals surface area contributed by atoms with E-state index in [0.29, 0.717) is 10.6 Å². The van der Waals surface area contributed by atoms with Crippen LogP contribution in [0.5, 0.6) is 11.5 Å². The number of ether oxygens (including phenoxy) is 1. The van der Waals surface area contributed by atoms with E-state index in [4.69, 9.17) is 21.4 Å². The number of aliphatic carboxylic acids is 1. The molecule has 17 heavy (non-hydrogen) atoms. The van der Waals surface area contributed by atoms with E-state index in [1.807, 2.05) is 0 Å². The number of methoxy groups -OCH3 is 1. The second-order valence-corrected chi connectivity index (χ2v) is 4.73. The van der Waals surface area contributed by atoms with E-state index in [1.165, 1.54) is 13.2 Å². The van der Waals surface area contributed by atoms with E-state index in [-0.39, 0.29) is 17.9 Å². The Labute approximate surface area is 104 Å². The standard InChI is InChI=1S/C12H13ClO4/c1-17-11-8(14)3-2-7(13)10(11)12(4-5-12)6-9(15)16/h2-3,14H,4-6H2,1H3,(H,15,16). The molecule has 1 aliphatic carbocycles. The quantitative estimate of drug-likeness (QED) is 0.869. The number of carboxylic acid groups (broad SMARTS) is 1. The van der Waals surface area contributed by atoms with Gasteiger partial charge in [-0.2, -0.15) is 0 Å². The van der Waals surface area contributed by atoms with Gasteiger partial charge in [-0.15, -0.1) is 0 Å². The normalized spacial score (nSPS) is 16.6. The third kappa shape index (κ3) is 2.05. The van der Waals surface area contributed by atoms with Crippen molar-refractivity contribution in [1.82, 2.24) is 0 Å². The van der Waals surface area contributed by atoms with Crippen molar-refractivity contribution in [2.24, 2.45) is 0 Å². The van der Waals surface area contributed by atoms with E-state index in [9.17, 15) is 9.90 Å². The van der Waals surface area contributed by atoms with Gasteiger partial charge in [0.05, 0.1) is 13.5 Å². The summed E-state index contributed by atoms with van der Waals surface area (Å²) in [4.78, 5) is 10.9. The van der Waals surface area contributed by atoms with Gasteiger partial charge in [-0.05, 0) is 25.0 Å². The number of carbonyl (C=O) groups is 1. The second kappa shape index (κ2) is 4.11. The topological polar surface area (TPSA) is 66.8 Å². The highest BCUT2D eigenvalue weighted by Crippen LogP contribution is 2.57. The van der Waals surface area contributed by atoms with Crippen LogP contribution in [0.4, 0.5) is 0 Å². The van der Waals surface area contributed by atoms with Crippen LogP contribution in [0, 0.1) is 0 Å². The van der Waals surface area contributed by atoms with Crippen LogP contribution in [-0.4, -0.2) is 23.3 Å². The highest BCUT2D eigenvalue weighted by Gasteiger charge is 2.49. The molecule has 0 unspecified atom stereocenters. The average Bonchev–Trinajstić information content (AvgIpc) is 3.00. The van der Waals surface area contributed by atoms with Gasteiger partial charge in [-0.1, -0.05) is 11.6 Å². The van der Waals surface area contributed by atoms with Gasteiger partial charge in [0.25, 0.3) is 0 Å². The summed E-state index contributed by atoms with van der Waals surface area (Å²) in [5.41, 5.74) is 0.136. The van der Waals surface area contributed by atoms with Crippen molar-refractivity contribution in [3.63, 3.8) is 0 Å². The first kappa shape index (κ1) is 12.0. The molecule has 1 aliphatic rings. The number of rotatable bonds is 4. The van der Waals surface area contributed by atoms with Crippen LogP contribution < -0.4 is 4.74 Å². The van der Waals surface area contributed by atoms with Gasteiger partial charge >= 0.3 is 5.97 Å². The Hall–Kier alpha value is -1.42. The maximum absolute atomic E-state index is 10.9. The summed E-state index contributed by atoms with van der Waals surface area (Å²) in [7, 11) is 1.44. The zero-order valence-electron chi connectivity index (χ0n) is 9.36. The smallest absolute Gasteiger partial charge is 0.304 e. The van der Waals surface area contributed by atoms with E-state index >= 15 is 0 Å². The predicted octanol–water partition coefficient (Wildman–Crippen LogP) is 2.56. The lowest BCUT2D eigenvalue weighted by Crippen LogP contribution is -2.14. The predicted molar refractivity (Wildman–Crippen MR) is 62.8 cm³/mol. The van der Waals surface area contributed by atoms with Gasteiger partial charge in [0.2, 0.25) is 0 Å². The lowest BCUT2D eigenvalue weighted by molar-refractivity contribution is -0.137. The van der Waals surface area contributed by atoms with Gasteiger partial charge in [-0.3, -0.25) is 4.79 Å². The van der Waals surface area contributed by atoms with E-state index in [1.54, 1.807) is 6.07 Å². The van der Waals surface area contributed by atoms with Gasteiger partial charge in [0.1, 0.15) is 0 Å². The van der Waals surface area contributed by atoms with Crippen LogP contribution in [0.15, 0.2) is 12.1 Å². The lowest BCUT2D eigenvalue weighted by atomic mass is 9.91. The van der Waals surface area contributed by atoms with Crippen LogP contribution in [0.1, 0.15) is 24.8 Å². The fourth-order valence-electron chi connectivity index (χ4n) is 2.20. The Morgan fingerprint density at radius 2 is 2.18 bits per heavy atom. The van der Waals surface area contributed by atoms with Crippen molar-refractivity contribution >= 4 is 17.6 Å². The SMILES string of the molecule is COc1c(O)ccc(Cl)c1C1(CC(=O)O)CC1. The molecule has 0 saturated heterocycles. The number of aromatic hydroxyl groups is 1. The number of hydrogen-bond acceptors (Lipinski definition) is 3. The Morgan fingerprint density at radius 1 is 1.53 bits per heavy atom. The molecule has 92 valence electrons. The van der Waals surface area contributed by atoms with Gasteiger partial charge < -0.3 is 14.9 Å². The maximum atomic E-state index is 10.9. The number of halogens is 1.